The zero-order valence-corrected chi connectivity index (χ0v) is 12.7. The summed E-state index contributed by atoms with van der Waals surface area (Å²) in [6.45, 7) is 5.04. The minimum atomic E-state index is -0.192. The monoisotopic (exact) mass is 303 g/mol. The Morgan fingerprint density at radius 2 is 1.86 bits per heavy atom. The molecule has 2 aliphatic heterocycles. The van der Waals surface area contributed by atoms with Crippen LogP contribution in [-0.2, 0) is 4.79 Å². The van der Waals surface area contributed by atoms with E-state index in [1.807, 2.05) is 6.92 Å². The average Bonchev–Trinajstić information content (AvgIpc) is 2.47. The molecule has 2 saturated heterocycles. The van der Waals surface area contributed by atoms with E-state index < -0.39 is 0 Å². The SMILES string of the molecule is Cc1cnc(C(=O)N2CC(N3CCC(C(N)=O)CC3)C2)cn1. The van der Waals surface area contributed by atoms with E-state index in [0.29, 0.717) is 11.7 Å². The maximum Gasteiger partial charge on any atom is 0.274 e. The fourth-order valence-electron chi connectivity index (χ4n) is 3.07. The lowest BCUT2D eigenvalue weighted by Gasteiger charge is -2.47. The number of carbonyl (C=O) groups is 2. The van der Waals surface area contributed by atoms with E-state index in [1.54, 1.807) is 11.1 Å². The van der Waals surface area contributed by atoms with Crippen LogP contribution in [0.5, 0.6) is 0 Å². The summed E-state index contributed by atoms with van der Waals surface area (Å²) >= 11 is 0. The first-order chi connectivity index (χ1) is 10.5. The van der Waals surface area contributed by atoms with Gasteiger partial charge in [-0.25, -0.2) is 4.98 Å². The predicted octanol–water partition coefficient (Wildman–Crippen LogP) is -0.193. The van der Waals surface area contributed by atoms with Gasteiger partial charge in [0, 0.05) is 31.2 Å². The number of aryl methyl sites for hydroxylation is 1. The molecule has 0 radical (unpaired) electrons. The minimum Gasteiger partial charge on any atom is -0.369 e. The fourth-order valence-corrected chi connectivity index (χ4v) is 3.07. The van der Waals surface area contributed by atoms with Crippen molar-refractivity contribution >= 4 is 11.8 Å². The Labute approximate surface area is 129 Å². The molecule has 0 aromatic carbocycles. The summed E-state index contributed by atoms with van der Waals surface area (Å²) in [5.74, 6) is -0.240. The predicted molar refractivity (Wildman–Crippen MR) is 80.0 cm³/mol. The second kappa shape index (κ2) is 6.00. The molecule has 1 aromatic heterocycles. The third-order valence-electron chi connectivity index (χ3n) is 4.60. The van der Waals surface area contributed by atoms with E-state index in [1.165, 1.54) is 6.20 Å². The molecule has 3 rings (SSSR count). The van der Waals surface area contributed by atoms with Crippen LogP contribution in [0.4, 0.5) is 0 Å². The number of hydrogen-bond donors (Lipinski definition) is 1. The molecule has 3 heterocycles. The van der Waals surface area contributed by atoms with Crippen molar-refractivity contribution in [1.29, 1.82) is 0 Å². The van der Waals surface area contributed by atoms with Crippen molar-refractivity contribution in [2.45, 2.75) is 25.8 Å². The number of rotatable bonds is 3. The Morgan fingerprint density at radius 3 is 2.41 bits per heavy atom. The molecule has 1 aromatic rings. The highest BCUT2D eigenvalue weighted by atomic mass is 16.2. The standard InChI is InChI=1S/C15H21N5O2/c1-10-6-18-13(7-17-10)15(22)20-8-12(9-20)19-4-2-11(3-5-19)14(16)21/h6-7,11-12H,2-5,8-9H2,1H3,(H2,16,21). The van der Waals surface area contributed by atoms with E-state index in [4.69, 9.17) is 5.73 Å². The molecule has 0 bridgehead atoms. The van der Waals surface area contributed by atoms with Gasteiger partial charge in [0.25, 0.3) is 5.91 Å². The Kier molecular flexibility index (Phi) is 4.06. The lowest BCUT2D eigenvalue weighted by Crippen LogP contribution is -2.62. The maximum absolute atomic E-state index is 12.3. The van der Waals surface area contributed by atoms with E-state index in [0.717, 1.165) is 44.7 Å². The number of hydrogen-bond acceptors (Lipinski definition) is 5. The largest absolute Gasteiger partial charge is 0.369 e. The molecule has 2 fully saturated rings. The summed E-state index contributed by atoms with van der Waals surface area (Å²) in [7, 11) is 0. The first-order valence-corrected chi connectivity index (χ1v) is 7.66. The number of carbonyl (C=O) groups excluding carboxylic acids is 2. The van der Waals surface area contributed by atoms with Gasteiger partial charge in [-0.2, -0.15) is 0 Å². The molecule has 118 valence electrons. The van der Waals surface area contributed by atoms with Gasteiger partial charge in [0.1, 0.15) is 5.69 Å². The van der Waals surface area contributed by atoms with E-state index in [9.17, 15) is 9.59 Å². The normalized spacial score (nSPS) is 20.7. The Hall–Kier alpha value is -2.02. The summed E-state index contributed by atoms with van der Waals surface area (Å²) < 4.78 is 0. The van der Waals surface area contributed by atoms with Gasteiger partial charge in [0.05, 0.1) is 11.9 Å². The molecule has 0 saturated carbocycles. The minimum absolute atomic E-state index is 0.0110. The molecular formula is C15H21N5O2. The van der Waals surface area contributed by atoms with Crippen LogP contribution in [0.2, 0.25) is 0 Å². The number of aromatic nitrogens is 2. The number of amides is 2. The van der Waals surface area contributed by atoms with E-state index >= 15 is 0 Å². The number of nitrogens with two attached hydrogens (primary N) is 1. The van der Waals surface area contributed by atoms with E-state index in [2.05, 4.69) is 14.9 Å². The molecule has 2 N–H and O–H groups in total. The van der Waals surface area contributed by atoms with E-state index in [-0.39, 0.29) is 17.7 Å². The van der Waals surface area contributed by atoms with Crippen LogP contribution in [0.3, 0.4) is 0 Å². The van der Waals surface area contributed by atoms with Crippen molar-refractivity contribution in [1.82, 2.24) is 19.8 Å². The Balaban J connectivity index is 1.49. The summed E-state index contributed by atoms with van der Waals surface area (Å²) in [5.41, 5.74) is 6.55. The van der Waals surface area contributed by atoms with Gasteiger partial charge in [-0.1, -0.05) is 0 Å². The fraction of sp³-hybridized carbons (Fsp3) is 0.600. The van der Waals surface area contributed by atoms with Crippen molar-refractivity contribution in [3.8, 4) is 0 Å². The highest BCUT2D eigenvalue weighted by molar-refractivity contribution is 5.92. The third kappa shape index (κ3) is 2.94. The quantitative estimate of drug-likeness (QED) is 0.835. The first-order valence-electron chi connectivity index (χ1n) is 7.66. The number of likely N-dealkylation sites (tertiary alicyclic amines) is 2. The molecule has 7 nitrogen and oxygen atoms in total. The topological polar surface area (TPSA) is 92.4 Å². The van der Waals surface area contributed by atoms with Crippen LogP contribution in [0.25, 0.3) is 0 Å². The summed E-state index contributed by atoms with van der Waals surface area (Å²) in [6.07, 6.45) is 4.79. The molecule has 0 aliphatic carbocycles. The zero-order chi connectivity index (χ0) is 15.7. The van der Waals surface area contributed by atoms with Gasteiger partial charge in [0.2, 0.25) is 5.91 Å². The molecular weight excluding hydrogens is 282 g/mol. The molecule has 22 heavy (non-hydrogen) atoms. The van der Waals surface area contributed by atoms with Gasteiger partial charge in [-0.3, -0.25) is 19.5 Å². The molecule has 0 spiro atoms. The van der Waals surface area contributed by atoms with Gasteiger partial charge < -0.3 is 10.6 Å². The van der Waals surface area contributed by atoms with Gasteiger partial charge >= 0.3 is 0 Å². The van der Waals surface area contributed by atoms with Crippen molar-refractivity contribution in [2.24, 2.45) is 11.7 Å². The highest BCUT2D eigenvalue weighted by Gasteiger charge is 2.37. The van der Waals surface area contributed by atoms with Gasteiger partial charge in [0.15, 0.2) is 0 Å². The van der Waals surface area contributed by atoms with Crippen molar-refractivity contribution < 1.29 is 9.59 Å². The second-order valence-electron chi connectivity index (χ2n) is 6.12. The Bertz CT molecular complexity index is 560. The third-order valence-corrected chi connectivity index (χ3v) is 4.60. The van der Waals surface area contributed by atoms with Gasteiger partial charge in [-0.05, 0) is 32.9 Å². The van der Waals surface area contributed by atoms with Crippen LogP contribution in [0.15, 0.2) is 12.4 Å². The first kappa shape index (κ1) is 14.9. The lowest BCUT2D eigenvalue weighted by molar-refractivity contribution is -0.123. The van der Waals surface area contributed by atoms with Crippen LogP contribution in [0.1, 0.15) is 29.0 Å². The van der Waals surface area contributed by atoms with Crippen molar-refractivity contribution in [3.05, 3.63) is 23.8 Å². The van der Waals surface area contributed by atoms with Crippen molar-refractivity contribution in [3.63, 3.8) is 0 Å². The molecule has 2 aliphatic rings. The summed E-state index contributed by atoms with van der Waals surface area (Å²) in [6, 6.07) is 0.385. The smallest absolute Gasteiger partial charge is 0.274 e. The van der Waals surface area contributed by atoms with Crippen LogP contribution >= 0.6 is 0 Å². The average molecular weight is 303 g/mol. The molecule has 0 atom stereocenters. The van der Waals surface area contributed by atoms with Crippen LogP contribution < -0.4 is 5.73 Å². The molecule has 0 unspecified atom stereocenters. The second-order valence-corrected chi connectivity index (χ2v) is 6.12. The van der Waals surface area contributed by atoms with Gasteiger partial charge in [-0.15, -0.1) is 0 Å². The summed E-state index contributed by atoms with van der Waals surface area (Å²) in [5, 5.41) is 0. The van der Waals surface area contributed by atoms with Crippen LogP contribution in [-0.4, -0.2) is 63.8 Å². The van der Waals surface area contributed by atoms with Crippen LogP contribution in [0, 0.1) is 12.8 Å². The lowest BCUT2D eigenvalue weighted by atomic mass is 9.93. The maximum atomic E-state index is 12.3. The molecule has 7 heteroatoms. The zero-order valence-electron chi connectivity index (χ0n) is 12.7. The summed E-state index contributed by atoms with van der Waals surface area (Å²) in [4.78, 5) is 35.8. The number of nitrogens with zero attached hydrogens (tertiary/aromatic N) is 4. The Morgan fingerprint density at radius 1 is 1.18 bits per heavy atom. The van der Waals surface area contributed by atoms with Crippen molar-refractivity contribution in [2.75, 3.05) is 26.2 Å². The highest BCUT2D eigenvalue weighted by Crippen LogP contribution is 2.23. The number of piperidine rings is 1. The molecule has 2 amide bonds. The number of primary amides is 1.